The summed E-state index contributed by atoms with van der Waals surface area (Å²) < 4.78 is 5.48. The number of ether oxygens (including phenoxy) is 1. The van der Waals surface area contributed by atoms with E-state index in [9.17, 15) is 0 Å². The van der Waals surface area contributed by atoms with Crippen LogP contribution in [0.3, 0.4) is 0 Å². The Morgan fingerprint density at radius 1 is 1.38 bits per heavy atom. The van der Waals surface area contributed by atoms with Crippen molar-refractivity contribution in [3.05, 3.63) is 29.3 Å². The van der Waals surface area contributed by atoms with Crippen LogP contribution in [0.15, 0.2) is 18.2 Å². The minimum atomic E-state index is -0.0450. The van der Waals surface area contributed by atoms with Crippen molar-refractivity contribution in [1.82, 2.24) is 0 Å². The number of benzene rings is 1. The number of hydrogen-bond donors (Lipinski definition) is 0. The Bertz CT molecular complexity index is 386. The summed E-state index contributed by atoms with van der Waals surface area (Å²) in [6.07, 6.45) is 0. The highest BCUT2D eigenvalue weighted by molar-refractivity contribution is 9.12. The third-order valence-electron chi connectivity index (χ3n) is 1.91. The molecule has 0 radical (unpaired) electrons. The quantitative estimate of drug-likeness (QED) is 0.690. The predicted molar refractivity (Wildman–Crippen MR) is 56.2 cm³/mol. The standard InChI is InChI=1S/C9H5Br2NO/c10-8-6-2-1-5(4-12)3-7(6)13-9(8)11/h1-3,8-9H. The fourth-order valence-electron chi connectivity index (χ4n) is 1.26. The van der Waals surface area contributed by atoms with Gasteiger partial charge < -0.3 is 4.74 Å². The molecule has 4 heteroatoms. The van der Waals surface area contributed by atoms with Crippen LogP contribution in [0.4, 0.5) is 0 Å². The topological polar surface area (TPSA) is 33.0 Å². The number of hydrogen-bond acceptors (Lipinski definition) is 2. The van der Waals surface area contributed by atoms with E-state index in [4.69, 9.17) is 10.00 Å². The fraction of sp³-hybridized carbons (Fsp3) is 0.222. The van der Waals surface area contributed by atoms with E-state index in [0.29, 0.717) is 5.56 Å². The zero-order valence-corrected chi connectivity index (χ0v) is 9.67. The highest BCUT2D eigenvalue weighted by atomic mass is 79.9. The molecule has 2 unspecified atom stereocenters. The third-order valence-corrected chi connectivity index (χ3v) is 4.31. The highest BCUT2D eigenvalue weighted by Crippen LogP contribution is 2.44. The van der Waals surface area contributed by atoms with Crippen LogP contribution in [0.1, 0.15) is 16.0 Å². The van der Waals surface area contributed by atoms with Gasteiger partial charge in [-0.2, -0.15) is 5.26 Å². The van der Waals surface area contributed by atoms with Gasteiger partial charge in [-0.05, 0) is 28.1 Å². The van der Waals surface area contributed by atoms with E-state index in [1.165, 1.54) is 0 Å². The van der Waals surface area contributed by atoms with Crippen LogP contribution in [0.25, 0.3) is 0 Å². The average Bonchev–Trinajstić information content (AvgIpc) is 2.42. The van der Waals surface area contributed by atoms with Crippen LogP contribution in [-0.2, 0) is 0 Å². The summed E-state index contributed by atoms with van der Waals surface area (Å²) in [5.74, 6) is 0.780. The first kappa shape index (κ1) is 9.04. The Hall–Kier alpha value is -0.530. The molecule has 0 bridgehead atoms. The number of halogens is 2. The largest absolute Gasteiger partial charge is 0.477 e. The van der Waals surface area contributed by atoms with Crippen molar-refractivity contribution in [2.75, 3.05) is 0 Å². The Morgan fingerprint density at radius 2 is 2.15 bits per heavy atom. The highest BCUT2D eigenvalue weighted by Gasteiger charge is 2.30. The molecule has 1 aromatic carbocycles. The van der Waals surface area contributed by atoms with E-state index in [2.05, 4.69) is 37.9 Å². The predicted octanol–water partition coefficient (Wildman–Crippen LogP) is 3.11. The molecule has 0 N–H and O–H groups in total. The molecule has 1 aliphatic rings. The Labute approximate surface area is 92.8 Å². The number of fused-ring (bicyclic) bond motifs is 1. The summed E-state index contributed by atoms with van der Waals surface area (Å²) in [4.78, 5) is 0.162. The summed E-state index contributed by atoms with van der Waals surface area (Å²) in [6.45, 7) is 0. The first-order chi connectivity index (χ1) is 6.22. The first-order valence-corrected chi connectivity index (χ1v) is 5.54. The van der Waals surface area contributed by atoms with Gasteiger partial charge in [-0.15, -0.1) is 0 Å². The molecule has 1 heterocycles. The molecule has 0 aliphatic carbocycles. The molecule has 13 heavy (non-hydrogen) atoms. The number of rotatable bonds is 0. The van der Waals surface area contributed by atoms with Crippen molar-refractivity contribution >= 4 is 31.9 Å². The maximum atomic E-state index is 8.67. The maximum Gasteiger partial charge on any atom is 0.169 e. The lowest BCUT2D eigenvalue weighted by Crippen LogP contribution is -2.03. The van der Waals surface area contributed by atoms with Gasteiger partial charge in [0.1, 0.15) is 5.75 Å². The van der Waals surface area contributed by atoms with E-state index >= 15 is 0 Å². The molecule has 2 atom stereocenters. The molecule has 66 valence electrons. The zero-order valence-electron chi connectivity index (χ0n) is 6.50. The second-order valence-corrected chi connectivity index (χ2v) is 4.62. The fourth-order valence-corrected chi connectivity index (χ4v) is 2.23. The lowest BCUT2D eigenvalue weighted by atomic mass is 10.1. The van der Waals surface area contributed by atoms with E-state index in [1.54, 1.807) is 12.1 Å². The van der Waals surface area contributed by atoms with Crippen molar-refractivity contribution in [2.45, 2.75) is 9.84 Å². The maximum absolute atomic E-state index is 8.67. The molecule has 0 aromatic heterocycles. The number of nitrogens with zero attached hydrogens (tertiary/aromatic N) is 1. The van der Waals surface area contributed by atoms with Gasteiger partial charge in [0.25, 0.3) is 0 Å². The minimum absolute atomic E-state index is 0.0450. The van der Waals surface area contributed by atoms with Crippen molar-refractivity contribution in [3.8, 4) is 11.8 Å². The third kappa shape index (κ3) is 1.47. The Morgan fingerprint density at radius 3 is 2.85 bits per heavy atom. The van der Waals surface area contributed by atoms with Gasteiger partial charge >= 0.3 is 0 Å². The van der Waals surface area contributed by atoms with Crippen molar-refractivity contribution < 1.29 is 4.74 Å². The van der Waals surface area contributed by atoms with Crippen molar-refractivity contribution in [3.63, 3.8) is 0 Å². The van der Waals surface area contributed by atoms with Gasteiger partial charge in [0.15, 0.2) is 5.01 Å². The second kappa shape index (κ2) is 3.32. The van der Waals surface area contributed by atoms with Gasteiger partial charge in [-0.1, -0.05) is 22.0 Å². The van der Waals surface area contributed by atoms with Crippen LogP contribution in [-0.4, -0.2) is 5.01 Å². The van der Waals surface area contributed by atoms with Crippen molar-refractivity contribution in [2.24, 2.45) is 0 Å². The summed E-state index contributed by atoms with van der Waals surface area (Å²) in [7, 11) is 0. The monoisotopic (exact) mass is 301 g/mol. The molecular weight excluding hydrogens is 298 g/mol. The van der Waals surface area contributed by atoms with Crippen LogP contribution in [0.2, 0.25) is 0 Å². The van der Waals surface area contributed by atoms with E-state index in [1.807, 2.05) is 6.07 Å². The number of alkyl halides is 2. The van der Waals surface area contributed by atoms with Gasteiger partial charge in [-0.25, -0.2) is 0 Å². The zero-order chi connectivity index (χ0) is 9.42. The smallest absolute Gasteiger partial charge is 0.169 e. The van der Waals surface area contributed by atoms with Gasteiger partial charge in [-0.3, -0.25) is 0 Å². The van der Waals surface area contributed by atoms with Gasteiger partial charge in [0, 0.05) is 5.56 Å². The van der Waals surface area contributed by atoms with Gasteiger partial charge in [0.2, 0.25) is 0 Å². The van der Waals surface area contributed by atoms with E-state index in [0.717, 1.165) is 11.3 Å². The van der Waals surface area contributed by atoms with Crippen molar-refractivity contribution in [1.29, 1.82) is 5.26 Å². The second-order valence-electron chi connectivity index (χ2n) is 2.74. The summed E-state index contributed by atoms with van der Waals surface area (Å²) in [5.41, 5.74) is 1.71. The van der Waals surface area contributed by atoms with E-state index in [-0.39, 0.29) is 9.84 Å². The minimum Gasteiger partial charge on any atom is -0.477 e. The molecule has 0 spiro atoms. The van der Waals surface area contributed by atoms with Gasteiger partial charge in [0.05, 0.1) is 16.5 Å². The lowest BCUT2D eigenvalue weighted by molar-refractivity contribution is 0.328. The number of nitriles is 1. The first-order valence-electron chi connectivity index (χ1n) is 3.71. The van der Waals surface area contributed by atoms with Crippen LogP contribution >= 0.6 is 31.9 Å². The normalized spacial score (nSPS) is 24.7. The molecule has 0 amide bonds. The Kier molecular flexibility index (Phi) is 2.31. The SMILES string of the molecule is N#Cc1ccc2c(c1)OC(Br)C2Br. The summed E-state index contributed by atoms with van der Waals surface area (Å²) in [6, 6.07) is 7.53. The van der Waals surface area contributed by atoms with E-state index < -0.39 is 0 Å². The van der Waals surface area contributed by atoms with Crippen LogP contribution < -0.4 is 4.74 Å². The molecule has 1 aliphatic heterocycles. The lowest BCUT2D eigenvalue weighted by Gasteiger charge is -2.03. The molecule has 2 rings (SSSR count). The molecule has 0 saturated carbocycles. The summed E-state index contributed by atoms with van der Waals surface area (Å²) in [5, 5.41) is 8.63. The molecular formula is C9H5Br2NO. The molecule has 2 nitrogen and oxygen atoms in total. The molecule has 1 aromatic rings. The van der Waals surface area contributed by atoms with Crippen LogP contribution in [0, 0.1) is 11.3 Å². The molecule has 0 saturated heterocycles. The Balaban J connectivity index is 2.48. The average molecular weight is 303 g/mol. The molecule has 0 fully saturated rings. The summed E-state index contributed by atoms with van der Waals surface area (Å²) >= 11 is 6.87. The van der Waals surface area contributed by atoms with Crippen LogP contribution in [0.5, 0.6) is 5.75 Å².